The molecular formula is C12H16O6. The number of rotatable bonds is 7. The molecule has 1 heterocycles. The summed E-state index contributed by atoms with van der Waals surface area (Å²) in [7, 11) is 0. The number of aryl methyl sites for hydroxylation is 1. The van der Waals surface area contributed by atoms with Crippen LogP contribution in [0.2, 0.25) is 0 Å². The Morgan fingerprint density at radius 1 is 1.22 bits per heavy atom. The zero-order valence-corrected chi connectivity index (χ0v) is 10.5. The van der Waals surface area contributed by atoms with E-state index in [1.165, 1.54) is 0 Å². The van der Waals surface area contributed by atoms with Crippen molar-refractivity contribution in [1.82, 2.24) is 0 Å². The fourth-order valence-corrected chi connectivity index (χ4v) is 1.33. The standard InChI is InChI=1S/C12H16O6/c1-3-9(13)5-4-6-11(14)16-7-10-8(2)17-12(15)18-10/h3-7H2,1-2H3. The van der Waals surface area contributed by atoms with E-state index in [9.17, 15) is 14.4 Å². The van der Waals surface area contributed by atoms with Crippen molar-refractivity contribution in [3.8, 4) is 0 Å². The number of Topliss-reactive ketones (excluding diaryl/α,β-unsaturated/α-hetero) is 1. The summed E-state index contributed by atoms with van der Waals surface area (Å²) in [6.45, 7) is 3.20. The number of carbonyl (C=O) groups is 2. The van der Waals surface area contributed by atoms with E-state index in [1.807, 2.05) is 0 Å². The molecule has 1 aromatic rings. The molecule has 100 valence electrons. The molecule has 0 radical (unpaired) electrons. The minimum Gasteiger partial charge on any atom is -0.457 e. The molecule has 0 atom stereocenters. The number of ketones is 1. The van der Waals surface area contributed by atoms with Gasteiger partial charge < -0.3 is 13.6 Å². The van der Waals surface area contributed by atoms with Crippen molar-refractivity contribution in [2.45, 2.75) is 46.1 Å². The molecule has 18 heavy (non-hydrogen) atoms. The van der Waals surface area contributed by atoms with Gasteiger partial charge in [0.25, 0.3) is 0 Å². The van der Waals surface area contributed by atoms with Crippen LogP contribution in [0.4, 0.5) is 0 Å². The summed E-state index contributed by atoms with van der Waals surface area (Å²) in [5.74, 6) is -0.610. The van der Waals surface area contributed by atoms with Gasteiger partial charge in [0.2, 0.25) is 0 Å². The lowest BCUT2D eigenvalue weighted by Crippen LogP contribution is -2.06. The Morgan fingerprint density at radius 2 is 1.94 bits per heavy atom. The smallest absolute Gasteiger partial charge is 0.457 e. The van der Waals surface area contributed by atoms with Gasteiger partial charge in [-0.2, -0.15) is 0 Å². The summed E-state index contributed by atoms with van der Waals surface area (Å²) >= 11 is 0. The fourth-order valence-electron chi connectivity index (χ4n) is 1.33. The van der Waals surface area contributed by atoms with Crippen molar-refractivity contribution in [2.75, 3.05) is 0 Å². The van der Waals surface area contributed by atoms with Gasteiger partial charge in [-0.15, -0.1) is 0 Å². The van der Waals surface area contributed by atoms with Crippen LogP contribution < -0.4 is 5.82 Å². The topological polar surface area (TPSA) is 86.7 Å². The molecule has 6 nitrogen and oxygen atoms in total. The molecule has 0 amide bonds. The van der Waals surface area contributed by atoms with Crippen LogP contribution >= 0.6 is 0 Å². The monoisotopic (exact) mass is 256 g/mol. The third-order valence-electron chi connectivity index (χ3n) is 2.43. The number of esters is 1. The van der Waals surface area contributed by atoms with Gasteiger partial charge in [0.15, 0.2) is 18.1 Å². The van der Waals surface area contributed by atoms with Gasteiger partial charge in [-0.05, 0) is 13.3 Å². The second-order valence-electron chi connectivity index (χ2n) is 3.84. The Morgan fingerprint density at radius 3 is 2.50 bits per heavy atom. The highest BCUT2D eigenvalue weighted by molar-refractivity contribution is 5.78. The normalized spacial score (nSPS) is 10.3. The van der Waals surface area contributed by atoms with E-state index >= 15 is 0 Å². The molecule has 0 fully saturated rings. The molecule has 0 bridgehead atoms. The fraction of sp³-hybridized carbons (Fsp3) is 0.583. The first-order valence-electron chi connectivity index (χ1n) is 5.79. The van der Waals surface area contributed by atoms with E-state index in [1.54, 1.807) is 13.8 Å². The molecule has 1 rings (SSSR count). The second kappa shape index (κ2) is 6.78. The van der Waals surface area contributed by atoms with Gasteiger partial charge in [-0.25, -0.2) is 4.79 Å². The van der Waals surface area contributed by atoms with Crippen molar-refractivity contribution in [1.29, 1.82) is 0 Å². The van der Waals surface area contributed by atoms with Gasteiger partial charge in [0.05, 0.1) is 0 Å². The lowest BCUT2D eigenvalue weighted by Gasteiger charge is -2.02. The SMILES string of the molecule is CCC(=O)CCCC(=O)OCc1oc(=O)oc1C. The summed E-state index contributed by atoms with van der Waals surface area (Å²) in [6, 6.07) is 0. The highest BCUT2D eigenvalue weighted by Gasteiger charge is 2.11. The van der Waals surface area contributed by atoms with Crippen molar-refractivity contribution in [3.63, 3.8) is 0 Å². The molecule has 0 aromatic carbocycles. The van der Waals surface area contributed by atoms with Gasteiger partial charge >= 0.3 is 11.8 Å². The van der Waals surface area contributed by atoms with Crippen LogP contribution in [0.5, 0.6) is 0 Å². The summed E-state index contributed by atoms with van der Waals surface area (Å²) in [6.07, 6.45) is 1.51. The highest BCUT2D eigenvalue weighted by Crippen LogP contribution is 2.08. The van der Waals surface area contributed by atoms with Crippen LogP contribution in [0.15, 0.2) is 13.6 Å². The average molecular weight is 256 g/mol. The molecule has 0 unspecified atom stereocenters. The van der Waals surface area contributed by atoms with Gasteiger partial charge in [0, 0.05) is 19.3 Å². The molecule has 0 aliphatic rings. The van der Waals surface area contributed by atoms with Crippen LogP contribution in [-0.4, -0.2) is 11.8 Å². The zero-order valence-electron chi connectivity index (χ0n) is 10.5. The maximum atomic E-state index is 11.3. The second-order valence-corrected chi connectivity index (χ2v) is 3.84. The first kappa shape index (κ1) is 14.2. The average Bonchev–Trinajstić information content (AvgIpc) is 2.65. The maximum absolute atomic E-state index is 11.3. The molecule has 6 heteroatoms. The molecule has 0 aliphatic heterocycles. The van der Waals surface area contributed by atoms with Crippen LogP contribution in [0, 0.1) is 6.92 Å². The minimum atomic E-state index is -0.813. The molecule has 0 N–H and O–H groups in total. The Hall–Kier alpha value is -1.85. The van der Waals surface area contributed by atoms with Gasteiger partial charge in [-0.3, -0.25) is 9.59 Å². The Labute approximate surface area is 104 Å². The minimum absolute atomic E-state index is 0.125. The summed E-state index contributed by atoms with van der Waals surface area (Å²) in [4.78, 5) is 33.1. The summed E-state index contributed by atoms with van der Waals surface area (Å²) in [5, 5.41) is 0. The Bertz CT molecular complexity index is 467. The molecule has 1 aromatic heterocycles. The first-order valence-corrected chi connectivity index (χ1v) is 5.79. The number of ether oxygens (including phenoxy) is 1. The van der Waals surface area contributed by atoms with E-state index in [0.717, 1.165) is 0 Å². The quantitative estimate of drug-likeness (QED) is 0.690. The molecule has 0 saturated heterocycles. The van der Waals surface area contributed by atoms with E-state index < -0.39 is 11.8 Å². The predicted octanol–water partition coefficient (Wildman–Crippen LogP) is 1.73. The Balaban J connectivity index is 2.27. The summed E-state index contributed by atoms with van der Waals surface area (Å²) < 4.78 is 14.2. The molecular weight excluding hydrogens is 240 g/mol. The third-order valence-corrected chi connectivity index (χ3v) is 2.43. The van der Waals surface area contributed by atoms with Crippen LogP contribution in [0.3, 0.4) is 0 Å². The zero-order chi connectivity index (χ0) is 13.5. The first-order chi connectivity index (χ1) is 8.52. The Kier molecular flexibility index (Phi) is 5.35. The number of hydrogen-bond acceptors (Lipinski definition) is 6. The number of hydrogen-bond donors (Lipinski definition) is 0. The van der Waals surface area contributed by atoms with Crippen LogP contribution in [0.1, 0.15) is 44.1 Å². The van der Waals surface area contributed by atoms with Crippen molar-refractivity contribution >= 4 is 11.8 Å². The van der Waals surface area contributed by atoms with Gasteiger partial charge in [0.1, 0.15) is 5.78 Å². The van der Waals surface area contributed by atoms with Crippen molar-refractivity contribution < 1.29 is 23.2 Å². The lowest BCUT2D eigenvalue weighted by atomic mass is 10.1. The predicted molar refractivity (Wildman–Crippen MR) is 60.9 cm³/mol. The lowest BCUT2D eigenvalue weighted by molar-refractivity contribution is -0.145. The molecule has 0 aliphatic carbocycles. The van der Waals surface area contributed by atoms with E-state index in [4.69, 9.17) is 4.74 Å². The maximum Gasteiger partial charge on any atom is 0.519 e. The van der Waals surface area contributed by atoms with Crippen molar-refractivity contribution in [3.05, 3.63) is 22.1 Å². The third kappa shape index (κ3) is 4.57. The van der Waals surface area contributed by atoms with Gasteiger partial charge in [-0.1, -0.05) is 6.92 Å². The largest absolute Gasteiger partial charge is 0.519 e. The van der Waals surface area contributed by atoms with E-state index in [0.29, 0.717) is 25.0 Å². The van der Waals surface area contributed by atoms with E-state index in [2.05, 4.69) is 8.83 Å². The van der Waals surface area contributed by atoms with Crippen molar-refractivity contribution in [2.24, 2.45) is 0 Å². The molecule has 0 saturated carbocycles. The molecule has 0 spiro atoms. The van der Waals surface area contributed by atoms with Crippen LogP contribution in [0.25, 0.3) is 0 Å². The van der Waals surface area contributed by atoms with Crippen LogP contribution in [-0.2, 0) is 20.9 Å². The summed E-state index contributed by atoms with van der Waals surface area (Å²) in [5.41, 5.74) is 0. The highest BCUT2D eigenvalue weighted by atomic mass is 16.6. The number of carbonyl (C=O) groups excluding carboxylic acids is 2. The van der Waals surface area contributed by atoms with E-state index in [-0.39, 0.29) is 24.6 Å².